The van der Waals surface area contributed by atoms with Gasteiger partial charge in [-0.15, -0.1) is 0 Å². The predicted molar refractivity (Wildman–Crippen MR) is 69.3 cm³/mol. The SMILES string of the molecule is COc1nc2cc(Cl)c(C(F)(F)F)c([N+](=O)[O-])c2nc1OC. The van der Waals surface area contributed by atoms with Crippen molar-refractivity contribution < 1.29 is 27.6 Å². The first kappa shape index (κ1) is 16.0. The molecule has 0 aliphatic rings. The summed E-state index contributed by atoms with van der Waals surface area (Å²) in [5.41, 5.74) is -3.70. The highest BCUT2D eigenvalue weighted by atomic mass is 35.5. The van der Waals surface area contributed by atoms with E-state index in [1.165, 1.54) is 14.2 Å². The minimum absolute atomic E-state index is 0.139. The van der Waals surface area contributed by atoms with E-state index in [2.05, 4.69) is 9.97 Å². The van der Waals surface area contributed by atoms with Gasteiger partial charge in [0.25, 0.3) is 11.8 Å². The molecule has 0 radical (unpaired) electrons. The Bertz CT molecular complexity index is 767. The fraction of sp³-hybridized carbons (Fsp3) is 0.273. The minimum Gasteiger partial charge on any atom is -0.477 e. The summed E-state index contributed by atoms with van der Waals surface area (Å²) in [5, 5.41) is 10.2. The standard InChI is InChI=1S/C11H7ClF3N3O4/c1-21-9-10(22-2)17-7-5(16-9)3-4(12)6(11(13,14)15)8(7)18(19)20/h3H,1-2H3. The van der Waals surface area contributed by atoms with Crippen LogP contribution >= 0.6 is 11.6 Å². The van der Waals surface area contributed by atoms with Crippen LogP contribution in [-0.2, 0) is 6.18 Å². The Morgan fingerprint density at radius 1 is 1.23 bits per heavy atom. The zero-order valence-corrected chi connectivity index (χ0v) is 11.8. The van der Waals surface area contributed by atoms with Crippen molar-refractivity contribution >= 4 is 28.3 Å². The number of fused-ring (bicyclic) bond motifs is 1. The fourth-order valence-electron chi connectivity index (χ4n) is 1.83. The molecule has 118 valence electrons. The summed E-state index contributed by atoms with van der Waals surface area (Å²) in [6.45, 7) is 0. The number of nitro benzene ring substituents is 1. The van der Waals surface area contributed by atoms with Crippen LogP contribution in [-0.4, -0.2) is 29.1 Å². The third-order valence-corrected chi connectivity index (χ3v) is 2.98. The molecule has 2 rings (SSSR count). The van der Waals surface area contributed by atoms with Crippen LogP contribution in [0.5, 0.6) is 11.8 Å². The average Bonchev–Trinajstić information content (AvgIpc) is 2.42. The van der Waals surface area contributed by atoms with Gasteiger partial charge < -0.3 is 9.47 Å². The van der Waals surface area contributed by atoms with E-state index < -0.39 is 32.9 Å². The maximum Gasteiger partial charge on any atom is 0.424 e. The number of nitrogens with zero attached hydrogens (tertiary/aromatic N) is 3. The highest BCUT2D eigenvalue weighted by Crippen LogP contribution is 2.44. The molecule has 1 aromatic carbocycles. The molecule has 0 fully saturated rings. The van der Waals surface area contributed by atoms with E-state index in [1.807, 2.05) is 0 Å². The van der Waals surface area contributed by atoms with Gasteiger partial charge in [0.2, 0.25) is 0 Å². The minimum atomic E-state index is -5.03. The Kier molecular flexibility index (Phi) is 3.96. The maximum atomic E-state index is 13.0. The molecule has 22 heavy (non-hydrogen) atoms. The summed E-state index contributed by atoms with van der Waals surface area (Å²) >= 11 is 5.54. The molecule has 7 nitrogen and oxygen atoms in total. The van der Waals surface area contributed by atoms with Crippen LogP contribution in [0.2, 0.25) is 5.02 Å². The van der Waals surface area contributed by atoms with Gasteiger partial charge in [-0.2, -0.15) is 18.2 Å². The Balaban J connectivity index is 2.98. The van der Waals surface area contributed by atoms with E-state index in [1.54, 1.807) is 0 Å². The summed E-state index contributed by atoms with van der Waals surface area (Å²) in [4.78, 5) is 17.4. The molecular formula is C11H7ClF3N3O4. The lowest BCUT2D eigenvalue weighted by Gasteiger charge is -2.12. The van der Waals surface area contributed by atoms with E-state index in [4.69, 9.17) is 21.1 Å². The second kappa shape index (κ2) is 5.44. The monoisotopic (exact) mass is 337 g/mol. The van der Waals surface area contributed by atoms with Gasteiger partial charge in [0, 0.05) is 0 Å². The quantitative estimate of drug-likeness (QED) is 0.631. The molecule has 0 amide bonds. The molecule has 0 spiro atoms. The maximum absolute atomic E-state index is 13.0. The lowest BCUT2D eigenvalue weighted by Crippen LogP contribution is -2.11. The van der Waals surface area contributed by atoms with Crippen molar-refractivity contribution in [2.75, 3.05) is 14.2 Å². The summed E-state index contributed by atoms with van der Waals surface area (Å²) < 4.78 is 48.7. The van der Waals surface area contributed by atoms with Crippen LogP contribution in [0.3, 0.4) is 0 Å². The third kappa shape index (κ3) is 2.56. The summed E-state index contributed by atoms with van der Waals surface area (Å²) in [7, 11) is 2.41. The molecule has 0 aliphatic heterocycles. The molecule has 0 unspecified atom stereocenters. The number of ether oxygens (including phenoxy) is 2. The van der Waals surface area contributed by atoms with Crippen molar-refractivity contribution in [2.24, 2.45) is 0 Å². The molecule has 1 heterocycles. The van der Waals surface area contributed by atoms with E-state index in [0.717, 1.165) is 6.07 Å². The van der Waals surface area contributed by atoms with Crippen LogP contribution in [0.1, 0.15) is 5.56 Å². The molecule has 1 aromatic heterocycles. The van der Waals surface area contributed by atoms with Crippen LogP contribution < -0.4 is 9.47 Å². The number of hydrogen-bond acceptors (Lipinski definition) is 6. The first-order chi connectivity index (χ1) is 10.2. The molecule has 2 aromatic rings. The zero-order valence-electron chi connectivity index (χ0n) is 11.1. The lowest BCUT2D eigenvalue weighted by atomic mass is 10.1. The van der Waals surface area contributed by atoms with Crippen molar-refractivity contribution in [3.8, 4) is 11.8 Å². The second-order valence-corrected chi connectivity index (χ2v) is 4.35. The topological polar surface area (TPSA) is 87.4 Å². The lowest BCUT2D eigenvalue weighted by molar-refractivity contribution is -0.386. The summed E-state index contributed by atoms with van der Waals surface area (Å²) in [6.07, 6.45) is -5.03. The number of nitro groups is 1. The van der Waals surface area contributed by atoms with Gasteiger partial charge in [0.1, 0.15) is 5.52 Å². The average molecular weight is 338 g/mol. The largest absolute Gasteiger partial charge is 0.477 e. The van der Waals surface area contributed by atoms with Gasteiger partial charge in [0.05, 0.1) is 24.2 Å². The van der Waals surface area contributed by atoms with E-state index in [9.17, 15) is 23.3 Å². The number of halogens is 4. The van der Waals surface area contributed by atoms with Crippen LogP contribution in [0.25, 0.3) is 11.0 Å². The summed E-state index contributed by atoms with van der Waals surface area (Å²) in [5.74, 6) is -0.423. The van der Waals surface area contributed by atoms with Gasteiger partial charge in [-0.3, -0.25) is 10.1 Å². The molecule has 0 N–H and O–H groups in total. The Hall–Kier alpha value is -2.36. The van der Waals surface area contributed by atoms with Crippen molar-refractivity contribution in [3.63, 3.8) is 0 Å². The van der Waals surface area contributed by atoms with Gasteiger partial charge in [0.15, 0.2) is 11.1 Å². The Morgan fingerprint density at radius 2 is 1.77 bits per heavy atom. The Labute approximate surface area is 125 Å². The number of methoxy groups -OCH3 is 2. The molecular weight excluding hydrogens is 331 g/mol. The van der Waals surface area contributed by atoms with E-state index in [-0.39, 0.29) is 17.3 Å². The van der Waals surface area contributed by atoms with Crippen molar-refractivity contribution in [1.29, 1.82) is 0 Å². The second-order valence-electron chi connectivity index (χ2n) is 3.95. The normalized spacial score (nSPS) is 11.5. The van der Waals surface area contributed by atoms with Gasteiger partial charge in [-0.25, -0.2) is 4.98 Å². The van der Waals surface area contributed by atoms with E-state index in [0.29, 0.717) is 0 Å². The number of benzene rings is 1. The predicted octanol–water partition coefficient (Wildman–Crippen LogP) is 3.23. The van der Waals surface area contributed by atoms with Crippen LogP contribution in [0.4, 0.5) is 18.9 Å². The highest BCUT2D eigenvalue weighted by Gasteiger charge is 2.43. The van der Waals surface area contributed by atoms with Crippen molar-refractivity contribution in [1.82, 2.24) is 9.97 Å². The van der Waals surface area contributed by atoms with Gasteiger partial charge in [-0.1, -0.05) is 11.6 Å². The highest BCUT2D eigenvalue weighted by molar-refractivity contribution is 6.32. The van der Waals surface area contributed by atoms with Crippen molar-refractivity contribution in [2.45, 2.75) is 6.18 Å². The first-order valence-corrected chi connectivity index (χ1v) is 5.92. The first-order valence-electron chi connectivity index (χ1n) is 5.54. The van der Waals surface area contributed by atoms with Crippen molar-refractivity contribution in [3.05, 3.63) is 26.8 Å². The van der Waals surface area contributed by atoms with E-state index >= 15 is 0 Å². The smallest absolute Gasteiger partial charge is 0.424 e. The number of alkyl halides is 3. The molecule has 0 saturated heterocycles. The van der Waals surface area contributed by atoms with Crippen LogP contribution in [0, 0.1) is 10.1 Å². The fourth-order valence-corrected chi connectivity index (χ4v) is 2.13. The number of hydrogen-bond donors (Lipinski definition) is 0. The van der Waals surface area contributed by atoms with Gasteiger partial charge >= 0.3 is 11.9 Å². The van der Waals surface area contributed by atoms with Gasteiger partial charge in [-0.05, 0) is 6.07 Å². The molecule has 11 heteroatoms. The summed E-state index contributed by atoms with van der Waals surface area (Å²) in [6, 6.07) is 0.835. The van der Waals surface area contributed by atoms with Crippen LogP contribution in [0.15, 0.2) is 6.07 Å². The molecule has 0 atom stereocenters. The molecule has 0 bridgehead atoms. The third-order valence-electron chi connectivity index (χ3n) is 2.68. The number of aromatic nitrogens is 2. The number of rotatable bonds is 3. The molecule has 0 aliphatic carbocycles. The molecule has 0 saturated carbocycles. The Morgan fingerprint density at radius 3 is 2.23 bits per heavy atom. The zero-order chi connectivity index (χ0) is 16.7.